The lowest BCUT2D eigenvalue weighted by molar-refractivity contribution is -0.131. The Morgan fingerprint density at radius 2 is 1.33 bits per heavy atom. The number of hydrogen-bond donors (Lipinski definition) is 3. The van der Waals surface area contributed by atoms with Gasteiger partial charge in [0.25, 0.3) is 11.8 Å². The number of hydrazine groups is 1. The fourth-order valence-electron chi connectivity index (χ4n) is 3.21. The Hall–Kier alpha value is -4.53. The maximum absolute atomic E-state index is 12.8. The summed E-state index contributed by atoms with van der Waals surface area (Å²) in [6, 6.07) is 24.3. The fourth-order valence-corrected chi connectivity index (χ4v) is 3.21. The molecule has 188 valence electrons. The minimum Gasteiger partial charge on any atom is -0.490 e. The highest BCUT2D eigenvalue weighted by molar-refractivity contribution is 5.88. The van der Waals surface area contributed by atoms with Crippen molar-refractivity contribution in [2.45, 2.75) is 26.0 Å². The predicted molar refractivity (Wildman–Crippen MR) is 133 cm³/mol. The summed E-state index contributed by atoms with van der Waals surface area (Å²) < 4.78 is 16.2. The number of amides is 3. The summed E-state index contributed by atoms with van der Waals surface area (Å²) in [6.07, 6.45) is -0.557. The van der Waals surface area contributed by atoms with Crippen molar-refractivity contribution in [3.05, 3.63) is 96.1 Å². The molecular weight excluding hydrogens is 462 g/mol. The molecule has 3 aromatic carbocycles. The lowest BCUT2D eigenvalue weighted by atomic mass is 10.1. The van der Waals surface area contributed by atoms with E-state index in [0.29, 0.717) is 18.1 Å². The molecule has 1 atom stereocenters. The summed E-state index contributed by atoms with van der Waals surface area (Å²) in [4.78, 5) is 37.4. The largest absolute Gasteiger partial charge is 0.490 e. The SMILES string of the molecule is CCOc1ccccc1OCC(=O)NNC(=O)[C@H](Cc1ccccc1)NC(=O)OCc1ccccc1. The Labute approximate surface area is 209 Å². The van der Waals surface area contributed by atoms with Crippen LogP contribution >= 0.6 is 0 Å². The molecule has 0 saturated carbocycles. The van der Waals surface area contributed by atoms with E-state index in [2.05, 4.69) is 16.2 Å². The Morgan fingerprint density at radius 3 is 1.97 bits per heavy atom. The zero-order valence-electron chi connectivity index (χ0n) is 19.9. The topological polar surface area (TPSA) is 115 Å². The number of carbonyl (C=O) groups excluding carboxylic acids is 3. The third kappa shape index (κ3) is 8.68. The fraction of sp³-hybridized carbons (Fsp3) is 0.222. The van der Waals surface area contributed by atoms with Gasteiger partial charge in [-0.05, 0) is 30.2 Å². The van der Waals surface area contributed by atoms with Crippen LogP contribution < -0.4 is 25.6 Å². The van der Waals surface area contributed by atoms with E-state index in [4.69, 9.17) is 14.2 Å². The van der Waals surface area contributed by atoms with Gasteiger partial charge < -0.3 is 19.5 Å². The molecule has 3 aromatic rings. The van der Waals surface area contributed by atoms with Gasteiger partial charge in [0.1, 0.15) is 12.6 Å². The number of ether oxygens (including phenoxy) is 3. The molecule has 0 radical (unpaired) electrons. The van der Waals surface area contributed by atoms with Crippen LogP contribution in [0.1, 0.15) is 18.1 Å². The van der Waals surface area contributed by atoms with Crippen LogP contribution in [-0.2, 0) is 27.4 Å². The van der Waals surface area contributed by atoms with Crippen molar-refractivity contribution in [3.8, 4) is 11.5 Å². The van der Waals surface area contributed by atoms with Gasteiger partial charge in [-0.3, -0.25) is 20.4 Å². The summed E-state index contributed by atoms with van der Waals surface area (Å²) >= 11 is 0. The van der Waals surface area contributed by atoms with Crippen LogP contribution in [0.4, 0.5) is 4.79 Å². The van der Waals surface area contributed by atoms with Crippen molar-refractivity contribution in [1.82, 2.24) is 16.2 Å². The first-order chi connectivity index (χ1) is 17.5. The summed E-state index contributed by atoms with van der Waals surface area (Å²) in [5.74, 6) is -0.276. The zero-order valence-corrected chi connectivity index (χ0v) is 19.9. The highest BCUT2D eigenvalue weighted by Crippen LogP contribution is 2.26. The maximum Gasteiger partial charge on any atom is 0.408 e. The molecular formula is C27H29N3O6. The first-order valence-corrected chi connectivity index (χ1v) is 11.5. The van der Waals surface area contributed by atoms with E-state index in [1.54, 1.807) is 24.3 Å². The van der Waals surface area contributed by atoms with E-state index in [0.717, 1.165) is 11.1 Å². The Morgan fingerprint density at radius 1 is 0.750 bits per heavy atom. The van der Waals surface area contributed by atoms with Crippen LogP contribution in [0, 0.1) is 0 Å². The molecule has 9 nitrogen and oxygen atoms in total. The number of hydrogen-bond acceptors (Lipinski definition) is 6. The average Bonchev–Trinajstić information content (AvgIpc) is 2.91. The third-order valence-electron chi connectivity index (χ3n) is 4.94. The van der Waals surface area contributed by atoms with Crippen molar-refractivity contribution >= 4 is 17.9 Å². The number of rotatable bonds is 11. The van der Waals surface area contributed by atoms with Gasteiger partial charge in [0.2, 0.25) is 0 Å². The number of para-hydroxylation sites is 2. The smallest absolute Gasteiger partial charge is 0.408 e. The van der Waals surface area contributed by atoms with Crippen LogP contribution in [0.15, 0.2) is 84.9 Å². The molecule has 0 aliphatic rings. The molecule has 0 heterocycles. The number of nitrogens with one attached hydrogen (secondary N) is 3. The van der Waals surface area contributed by atoms with E-state index in [-0.39, 0.29) is 19.6 Å². The normalized spacial score (nSPS) is 11.0. The summed E-state index contributed by atoms with van der Waals surface area (Å²) in [6.45, 7) is 2.01. The van der Waals surface area contributed by atoms with Gasteiger partial charge in [0.15, 0.2) is 18.1 Å². The standard InChI is InChI=1S/C27H29N3O6/c1-2-34-23-15-9-10-16-24(23)35-19-25(31)29-30-26(32)22(17-20-11-5-3-6-12-20)28-27(33)36-18-21-13-7-4-8-14-21/h3-16,22H,2,17-19H2,1H3,(H,28,33)(H,29,31)(H,30,32)/t22-/m0/s1. The molecule has 0 unspecified atom stereocenters. The van der Waals surface area contributed by atoms with Crippen molar-refractivity contribution in [2.75, 3.05) is 13.2 Å². The molecule has 0 bridgehead atoms. The average molecular weight is 492 g/mol. The number of benzene rings is 3. The maximum atomic E-state index is 12.8. The van der Waals surface area contributed by atoms with Crippen LogP contribution in [0.3, 0.4) is 0 Å². The van der Waals surface area contributed by atoms with Crippen molar-refractivity contribution in [3.63, 3.8) is 0 Å². The molecule has 0 spiro atoms. The van der Waals surface area contributed by atoms with Gasteiger partial charge in [-0.2, -0.15) is 0 Å². The molecule has 0 fully saturated rings. The van der Waals surface area contributed by atoms with E-state index >= 15 is 0 Å². The van der Waals surface area contributed by atoms with E-state index in [1.165, 1.54) is 0 Å². The first kappa shape index (κ1) is 26.1. The second-order valence-electron chi connectivity index (χ2n) is 7.65. The Bertz CT molecular complexity index is 1120. The summed E-state index contributed by atoms with van der Waals surface area (Å²) in [5.41, 5.74) is 6.28. The first-order valence-electron chi connectivity index (χ1n) is 11.5. The molecule has 9 heteroatoms. The lowest BCUT2D eigenvalue weighted by Crippen LogP contribution is -2.53. The van der Waals surface area contributed by atoms with Gasteiger partial charge in [0.05, 0.1) is 6.61 Å². The lowest BCUT2D eigenvalue weighted by Gasteiger charge is -2.19. The zero-order chi connectivity index (χ0) is 25.6. The monoisotopic (exact) mass is 491 g/mol. The van der Waals surface area contributed by atoms with Crippen molar-refractivity contribution in [1.29, 1.82) is 0 Å². The number of alkyl carbamates (subject to hydrolysis) is 1. The van der Waals surface area contributed by atoms with E-state index < -0.39 is 23.9 Å². The minimum absolute atomic E-state index is 0.0592. The minimum atomic E-state index is -0.990. The Balaban J connectivity index is 1.53. The van der Waals surface area contributed by atoms with Crippen LogP contribution in [0.5, 0.6) is 11.5 Å². The van der Waals surface area contributed by atoms with Gasteiger partial charge in [-0.1, -0.05) is 72.8 Å². The predicted octanol–water partition coefficient (Wildman–Crippen LogP) is 3.15. The Kier molecular flexibility index (Phi) is 10.1. The molecule has 3 N–H and O–H groups in total. The molecule has 0 saturated heterocycles. The second kappa shape index (κ2) is 14.0. The summed E-state index contributed by atoms with van der Waals surface area (Å²) in [7, 11) is 0. The molecule has 3 rings (SSSR count). The van der Waals surface area contributed by atoms with Crippen molar-refractivity contribution < 1.29 is 28.6 Å². The number of carbonyl (C=O) groups is 3. The van der Waals surface area contributed by atoms with Gasteiger partial charge in [0, 0.05) is 6.42 Å². The quantitative estimate of drug-likeness (QED) is 0.355. The highest BCUT2D eigenvalue weighted by Gasteiger charge is 2.23. The molecule has 0 aliphatic carbocycles. The van der Waals surface area contributed by atoms with Gasteiger partial charge in [-0.25, -0.2) is 4.79 Å². The van der Waals surface area contributed by atoms with E-state index in [1.807, 2.05) is 67.6 Å². The molecule has 3 amide bonds. The molecule has 0 aliphatic heterocycles. The van der Waals surface area contributed by atoms with Gasteiger partial charge >= 0.3 is 6.09 Å². The van der Waals surface area contributed by atoms with Gasteiger partial charge in [-0.15, -0.1) is 0 Å². The third-order valence-corrected chi connectivity index (χ3v) is 4.94. The van der Waals surface area contributed by atoms with Crippen molar-refractivity contribution in [2.24, 2.45) is 0 Å². The highest BCUT2D eigenvalue weighted by atomic mass is 16.5. The molecule has 36 heavy (non-hydrogen) atoms. The van der Waals surface area contributed by atoms with Crippen LogP contribution in [0.25, 0.3) is 0 Å². The molecule has 0 aromatic heterocycles. The van der Waals surface area contributed by atoms with Crippen LogP contribution in [0.2, 0.25) is 0 Å². The van der Waals surface area contributed by atoms with E-state index in [9.17, 15) is 14.4 Å². The van der Waals surface area contributed by atoms with Crippen LogP contribution in [-0.4, -0.2) is 37.2 Å². The second-order valence-corrected chi connectivity index (χ2v) is 7.65. The summed E-state index contributed by atoms with van der Waals surface area (Å²) in [5, 5.41) is 2.57.